The first kappa shape index (κ1) is 44.1. The van der Waals surface area contributed by atoms with Gasteiger partial charge in [-0.1, -0.05) is 44.7 Å². The van der Waals surface area contributed by atoms with E-state index in [1.165, 1.54) is 50.4 Å². The molecule has 15 heteroatoms. The number of carboxylic acids is 1. The second-order valence-electron chi connectivity index (χ2n) is 15.0. The summed E-state index contributed by atoms with van der Waals surface area (Å²) < 4.78 is 5.28. The minimum atomic E-state index is -1.41. The Labute approximate surface area is 322 Å². The standard InChI is InChI=1S/C40H57N5O10/c1-7-8-9-10-11-15-33(48)43-29(14-12-13-20-41-39(54)55-40(3,4)5)37(51)45(6)34-26-17-19-32(47)28(23-26)27-21-25(16-18-31(27)46)22-30(38(52)53)44-35(49)24(2)42-36(34)50/h16-19,21,23-24,29-30,34,46-47H,7-15,20,22H2,1-6H3,(H,41,54)(H,42,50)(H,43,48)(H,44,49)(H,52,53)/t24-,29-,30?,34-/m0/s1. The zero-order chi connectivity index (χ0) is 40.9. The smallest absolute Gasteiger partial charge is 0.407 e. The Bertz CT molecular complexity index is 1690. The second kappa shape index (κ2) is 20.4. The van der Waals surface area contributed by atoms with Crippen LogP contribution in [0.4, 0.5) is 4.79 Å². The summed E-state index contributed by atoms with van der Waals surface area (Å²) in [5, 5.41) is 42.2. The third-order valence-electron chi connectivity index (χ3n) is 9.21. The number of aromatic hydroxyl groups is 2. The van der Waals surface area contributed by atoms with E-state index in [-0.39, 0.29) is 59.9 Å². The van der Waals surface area contributed by atoms with Crippen LogP contribution in [0.1, 0.15) is 110 Å². The van der Waals surface area contributed by atoms with Gasteiger partial charge in [0.25, 0.3) is 0 Å². The Morgan fingerprint density at radius 1 is 0.909 bits per heavy atom. The molecule has 1 aliphatic rings. The van der Waals surface area contributed by atoms with Crippen LogP contribution in [0.2, 0.25) is 0 Å². The van der Waals surface area contributed by atoms with Gasteiger partial charge in [-0.05, 0) is 88.8 Å². The van der Waals surface area contributed by atoms with Gasteiger partial charge in [-0.2, -0.15) is 0 Å². The van der Waals surface area contributed by atoms with Crippen molar-refractivity contribution >= 4 is 35.7 Å². The van der Waals surface area contributed by atoms with E-state index in [4.69, 9.17) is 4.74 Å². The molecule has 0 radical (unpaired) electrons. The van der Waals surface area contributed by atoms with Crippen LogP contribution in [-0.4, -0.2) is 93.2 Å². The van der Waals surface area contributed by atoms with Gasteiger partial charge < -0.3 is 46.2 Å². The van der Waals surface area contributed by atoms with Gasteiger partial charge >= 0.3 is 12.1 Å². The number of rotatable bonds is 15. The van der Waals surface area contributed by atoms with E-state index in [0.29, 0.717) is 24.8 Å². The Balaban J connectivity index is 1.98. The van der Waals surface area contributed by atoms with E-state index < -0.39 is 59.6 Å². The van der Waals surface area contributed by atoms with Crippen molar-refractivity contribution in [2.24, 2.45) is 0 Å². The molecule has 1 heterocycles. The third kappa shape index (κ3) is 13.5. The molecule has 55 heavy (non-hydrogen) atoms. The van der Waals surface area contributed by atoms with Gasteiger partial charge in [-0.25, -0.2) is 9.59 Å². The normalized spacial score (nSPS) is 17.8. The SMILES string of the molecule is CCCCCCCC(=O)N[C@@H](CCCCNC(=O)OC(C)(C)C)C(=O)N(C)[C@@H]1C(=O)N[C@@H](C)C(=O)NC(C(=O)O)Cc2ccc(O)c(c2)-c2cc1ccc2O. The molecule has 0 saturated heterocycles. The fraction of sp³-hybridized carbons (Fsp3) is 0.550. The van der Waals surface area contributed by atoms with Crippen LogP contribution in [0.15, 0.2) is 36.4 Å². The lowest BCUT2D eigenvalue weighted by molar-refractivity contribution is -0.144. The molecule has 0 spiro atoms. The number of amides is 5. The summed E-state index contributed by atoms with van der Waals surface area (Å²) in [7, 11) is 1.39. The maximum Gasteiger partial charge on any atom is 0.407 e. The highest BCUT2D eigenvalue weighted by molar-refractivity contribution is 5.96. The molecule has 1 unspecified atom stereocenters. The molecule has 0 fully saturated rings. The lowest BCUT2D eigenvalue weighted by Gasteiger charge is -2.32. The Morgan fingerprint density at radius 2 is 1.56 bits per heavy atom. The molecular formula is C40H57N5O10. The van der Waals surface area contributed by atoms with Crippen molar-refractivity contribution < 1.29 is 48.8 Å². The van der Waals surface area contributed by atoms with Crippen LogP contribution < -0.4 is 21.3 Å². The molecule has 7 N–H and O–H groups in total. The van der Waals surface area contributed by atoms with Crippen LogP contribution in [0.25, 0.3) is 11.1 Å². The number of hydrogen-bond donors (Lipinski definition) is 7. The molecule has 1 aliphatic heterocycles. The van der Waals surface area contributed by atoms with E-state index in [0.717, 1.165) is 30.6 Å². The lowest BCUT2D eigenvalue weighted by atomic mass is 9.93. The van der Waals surface area contributed by atoms with Gasteiger partial charge in [-0.3, -0.25) is 19.2 Å². The second-order valence-corrected chi connectivity index (χ2v) is 15.0. The zero-order valence-corrected chi connectivity index (χ0v) is 32.7. The molecule has 5 amide bonds. The lowest BCUT2D eigenvalue weighted by Crippen LogP contribution is -2.54. The number of benzene rings is 2. The van der Waals surface area contributed by atoms with E-state index in [1.807, 2.05) is 0 Å². The minimum Gasteiger partial charge on any atom is -0.507 e. The fourth-order valence-electron chi connectivity index (χ4n) is 6.27. The number of carboxylic acid groups (broad SMARTS) is 1. The van der Waals surface area contributed by atoms with Crippen LogP contribution in [0.5, 0.6) is 11.5 Å². The van der Waals surface area contributed by atoms with Crippen LogP contribution in [0.3, 0.4) is 0 Å². The number of phenols is 2. The Kier molecular flexibility index (Phi) is 16.3. The first-order chi connectivity index (χ1) is 25.9. The number of carbonyl (C=O) groups excluding carboxylic acids is 5. The molecule has 302 valence electrons. The molecule has 4 bridgehead atoms. The van der Waals surface area contributed by atoms with Gasteiger partial charge in [-0.15, -0.1) is 0 Å². The summed E-state index contributed by atoms with van der Waals surface area (Å²) in [6, 6.07) is 3.44. The van der Waals surface area contributed by atoms with Crippen molar-refractivity contribution in [3.05, 3.63) is 47.5 Å². The molecule has 4 atom stereocenters. The Morgan fingerprint density at radius 3 is 2.22 bits per heavy atom. The molecular weight excluding hydrogens is 710 g/mol. The number of nitrogens with zero attached hydrogens (tertiary/aromatic N) is 1. The van der Waals surface area contributed by atoms with Crippen LogP contribution in [-0.2, 0) is 35.1 Å². The van der Waals surface area contributed by atoms with Crippen molar-refractivity contribution in [1.82, 2.24) is 26.2 Å². The molecule has 2 aromatic rings. The number of nitrogens with one attached hydrogen (secondary N) is 4. The molecule has 0 saturated carbocycles. The van der Waals surface area contributed by atoms with E-state index in [9.17, 15) is 44.1 Å². The maximum absolute atomic E-state index is 14.4. The number of fused-ring (bicyclic) bond motifs is 5. The molecule has 3 rings (SSSR count). The number of carbonyl (C=O) groups is 6. The number of alkyl carbamates (subject to hydrolysis) is 1. The first-order valence-electron chi connectivity index (χ1n) is 18.9. The van der Waals surface area contributed by atoms with Crippen molar-refractivity contribution in [3.8, 4) is 22.6 Å². The predicted octanol–water partition coefficient (Wildman–Crippen LogP) is 4.43. The number of ether oxygens (including phenoxy) is 1. The maximum atomic E-state index is 14.4. The summed E-state index contributed by atoms with van der Waals surface area (Å²) in [5.41, 5.74) is 0.239. The Hall–Kier alpha value is -5.34. The average molecular weight is 768 g/mol. The van der Waals surface area contributed by atoms with Gasteiger partial charge in [0, 0.05) is 37.6 Å². The fourth-order valence-corrected chi connectivity index (χ4v) is 6.27. The number of aliphatic carboxylic acids is 1. The number of likely N-dealkylation sites (N-methyl/N-ethyl adjacent to an activating group) is 1. The molecule has 0 aliphatic carbocycles. The summed E-state index contributed by atoms with van der Waals surface area (Å²) >= 11 is 0. The highest BCUT2D eigenvalue weighted by Gasteiger charge is 2.36. The van der Waals surface area contributed by atoms with Crippen LogP contribution >= 0.6 is 0 Å². The molecule has 15 nitrogen and oxygen atoms in total. The van der Waals surface area contributed by atoms with Crippen molar-refractivity contribution in [2.45, 2.75) is 129 Å². The van der Waals surface area contributed by atoms with Gasteiger partial charge in [0.1, 0.15) is 41.3 Å². The van der Waals surface area contributed by atoms with Gasteiger partial charge in [0.05, 0.1) is 0 Å². The van der Waals surface area contributed by atoms with Crippen molar-refractivity contribution in [2.75, 3.05) is 13.6 Å². The summed E-state index contributed by atoms with van der Waals surface area (Å²) in [6.07, 6.45) is 5.10. The zero-order valence-electron chi connectivity index (χ0n) is 32.7. The van der Waals surface area contributed by atoms with Crippen molar-refractivity contribution in [1.29, 1.82) is 0 Å². The van der Waals surface area contributed by atoms with E-state index in [2.05, 4.69) is 28.2 Å². The first-order valence-corrected chi connectivity index (χ1v) is 18.9. The van der Waals surface area contributed by atoms with Crippen LogP contribution in [0, 0.1) is 0 Å². The highest BCUT2D eigenvalue weighted by Crippen LogP contribution is 2.39. The minimum absolute atomic E-state index is 0.113. The topological polar surface area (TPSA) is 224 Å². The summed E-state index contributed by atoms with van der Waals surface area (Å²) in [4.78, 5) is 80.2. The summed E-state index contributed by atoms with van der Waals surface area (Å²) in [6.45, 7) is 8.99. The van der Waals surface area contributed by atoms with E-state index >= 15 is 0 Å². The quantitative estimate of drug-likeness (QED) is 0.126. The predicted molar refractivity (Wildman–Crippen MR) is 205 cm³/mol. The van der Waals surface area contributed by atoms with Gasteiger partial charge in [0.2, 0.25) is 23.6 Å². The monoisotopic (exact) mass is 767 g/mol. The number of unbranched alkanes of at least 4 members (excludes halogenated alkanes) is 5. The van der Waals surface area contributed by atoms with Gasteiger partial charge in [0.15, 0.2) is 0 Å². The molecule has 2 aromatic carbocycles. The third-order valence-corrected chi connectivity index (χ3v) is 9.21. The number of hydrogen-bond acceptors (Lipinski definition) is 9. The average Bonchev–Trinajstić information content (AvgIpc) is 3.10. The molecule has 0 aromatic heterocycles. The van der Waals surface area contributed by atoms with Crippen molar-refractivity contribution in [3.63, 3.8) is 0 Å². The highest BCUT2D eigenvalue weighted by atomic mass is 16.6. The summed E-state index contributed by atoms with van der Waals surface area (Å²) in [5.74, 6) is -4.32. The number of phenolic OH excluding ortho intramolecular Hbond substituents is 2. The largest absolute Gasteiger partial charge is 0.507 e. The van der Waals surface area contributed by atoms with E-state index in [1.54, 1.807) is 20.8 Å².